The fourth-order valence-corrected chi connectivity index (χ4v) is 3.43. The van der Waals surface area contributed by atoms with Crippen LogP contribution in [-0.4, -0.2) is 48.9 Å². The van der Waals surface area contributed by atoms with Crippen molar-refractivity contribution in [2.75, 3.05) is 26.2 Å². The summed E-state index contributed by atoms with van der Waals surface area (Å²) in [7, 11) is 0. The predicted octanol–water partition coefficient (Wildman–Crippen LogP) is 1.41. The van der Waals surface area contributed by atoms with Gasteiger partial charge in [-0.25, -0.2) is 0 Å². The lowest BCUT2D eigenvalue weighted by Crippen LogP contribution is -2.51. The molecule has 1 unspecified atom stereocenters. The van der Waals surface area contributed by atoms with Gasteiger partial charge in [-0.3, -0.25) is 9.59 Å². The lowest BCUT2D eigenvalue weighted by molar-refractivity contribution is -0.127. The van der Waals surface area contributed by atoms with Gasteiger partial charge in [-0.2, -0.15) is 0 Å². The van der Waals surface area contributed by atoms with Crippen molar-refractivity contribution in [3.05, 3.63) is 35.9 Å². The topological polar surface area (TPSA) is 61.4 Å². The zero-order valence-corrected chi connectivity index (χ0v) is 13.5. The molecule has 0 spiro atoms. The number of likely N-dealkylation sites (tertiary alicyclic amines) is 1. The molecule has 2 N–H and O–H groups in total. The zero-order valence-electron chi connectivity index (χ0n) is 13.5. The monoisotopic (exact) mass is 315 g/mol. The van der Waals surface area contributed by atoms with Gasteiger partial charge in [0.2, 0.25) is 5.91 Å². The van der Waals surface area contributed by atoms with Crippen molar-refractivity contribution >= 4 is 11.8 Å². The number of carbonyl (C=O) groups is 2. The van der Waals surface area contributed by atoms with Crippen LogP contribution in [0.2, 0.25) is 0 Å². The molecule has 5 nitrogen and oxygen atoms in total. The summed E-state index contributed by atoms with van der Waals surface area (Å²) in [6.45, 7) is 3.16. The SMILES string of the molecule is O=C(N[C@H]1CCCNC1)C1CCCN(C(=O)c2ccccc2)C1. The molecule has 0 aromatic heterocycles. The van der Waals surface area contributed by atoms with Gasteiger partial charge in [0, 0.05) is 31.2 Å². The summed E-state index contributed by atoms with van der Waals surface area (Å²) in [5.41, 5.74) is 0.699. The molecular weight excluding hydrogens is 290 g/mol. The lowest BCUT2D eigenvalue weighted by atomic mass is 9.95. The average Bonchev–Trinajstić information content (AvgIpc) is 2.63. The van der Waals surface area contributed by atoms with E-state index in [0.29, 0.717) is 12.1 Å². The van der Waals surface area contributed by atoms with E-state index in [-0.39, 0.29) is 23.8 Å². The Morgan fingerprint density at radius 2 is 1.96 bits per heavy atom. The Hall–Kier alpha value is -1.88. The quantitative estimate of drug-likeness (QED) is 0.886. The van der Waals surface area contributed by atoms with E-state index in [1.165, 1.54) is 0 Å². The van der Waals surface area contributed by atoms with Crippen LogP contribution < -0.4 is 10.6 Å². The molecule has 124 valence electrons. The van der Waals surface area contributed by atoms with Crippen molar-refractivity contribution in [2.24, 2.45) is 5.92 Å². The molecule has 5 heteroatoms. The maximum absolute atomic E-state index is 12.5. The zero-order chi connectivity index (χ0) is 16.1. The average molecular weight is 315 g/mol. The second-order valence-electron chi connectivity index (χ2n) is 6.51. The van der Waals surface area contributed by atoms with Gasteiger partial charge in [0.25, 0.3) is 5.91 Å². The lowest BCUT2D eigenvalue weighted by Gasteiger charge is -2.33. The Bertz CT molecular complexity index is 540. The highest BCUT2D eigenvalue weighted by Gasteiger charge is 2.30. The summed E-state index contributed by atoms with van der Waals surface area (Å²) >= 11 is 0. The first-order valence-corrected chi connectivity index (χ1v) is 8.59. The molecule has 1 aromatic carbocycles. The number of piperidine rings is 2. The molecule has 2 heterocycles. The van der Waals surface area contributed by atoms with Crippen LogP contribution in [0.4, 0.5) is 0 Å². The minimum Gasteiger partial charge on any atom is -0.352 e. The van der Waals surface area contributed by atoms with E-state index in [1.807, 2.05) is 35.2 Å². The van der Waals surface area contributed by atoms with Crippen molar-refractivity contribution in [1.82, 2.24) is 15.5 Å². The third-order valence-electron chi connectivity index (χ3n) is 4.74. The van der Waals surface area contributed by atoms with Crippen LogP contribution in [0.25, 0.3) is 0 Å². The van der Waals surface area contributed by atoms with Crippen molar-refractivity contribution in [3.8, 4) is 0 Å². The second-order valence-corrected chi connectivity index (χ2v) is 6.51. The van der Waals surface area contributed by atoms with Gasteiger partial charge in [-0.05, 0) is 44.4 Å². The van der Waals surface area contributed by atoms with E-state index in [1.54, 1.807) is 0 Å². The predicted molar refractivity (Wildman–Crippen MR) is 89.1 cm³/mol. The molecule has 3 rings (SSSR count). The maximum Gasteiger partial charge on any atom is 0.253 e. The molecule has 0 radical (unpaired) electrons. The van der Waals surface area contributed by atoms with Crippen LogP contribution in [0.1, 0.15) is 36.0 Å². The fraction of sp³-hybridized carbons (Fsp3) is 0.556. The third-order valence-corrected chi connectivity index (χ3v) is 4.74. The molecule has 23 heavy (non-hydrogen) atoms. The standard InChI is InChI=1S/C18H25N3O2/c22-17(20-16-9-4-10-19-12-16)15-8-5-11-21(13-15)18(23)14-6-2-1-3-7-14/h1-3,6-7,15-16,19H,4-5,8-13H2,(H,20,22)/t15?,16-/m0/s1. The minimum atomic E-state index is -0.0849. The number of rotatable bonds is 3. The van der Waals surface area contributed by atoms with Crippen molar-refractivity contribution in [1.29, 1.82) is 0 Å². The number of nitrogens with zero attached hydrogens (tertiary/aromatic N) is 1. The number of amides is 2. The highest BCUT2D eigenvalue weighted by atomic mass is 16.2. The van der Waals surface area contributed by atoms with Crippen LogP contribution in [0, 0.1) is 5.92 Å². The highest BCUT2D eigenvalue weighted by Crippen LogP contribution is 2.19. The Morgan fingerprint density at radius 1 is 1.13 bits per heavy atom. The van der Waals surface area contributed by atoms with Gasteiger partial charge in [-0.1, -0.05) is 18.2 Å². The van der Waals surface area contributed by atoms with Gasteiger partial charge in [0.1, 0.15) is 0 Å². The van der Waals surface area contributed by atoms with E-state index in [4.69, 9.17) is 0 Å². The summed E-state index contributed by atoms with van der Waals surface area (Å²) in [6.07, 6.45) is 3.90. The van der Waals surface area contributed by atoms with E-state index >= 15 is 0 Å². The van der Waals surface area contributed by atoms with Crippen molar-refractivity contribution in [3.63, 3.8) is 0 Å². The Labute approximate surface area is 137 Å². The highest BCUT2D eigenvalue weighted by molar-refractivity contribution is 5.94. The van der Waals surface area contributed by atoms with Gasteiger partial charge in [-0.15, -0.1) is 0 Å². The first kappa shape index (κ1) is 16.0. The first-order valence-electron chi connectivity index (χ1n) is 8.59. The summed E-state index contributed by atoms with van der Waals surface area (Å²) in [5.74, 6) is 0.0463. The normalized spacial score (nSPS) is 25.0. The van der Waals surface area contributed by atoms with Crippen LogP contribution in [0.15, 0.2) is 30.3 Å². The number of nitrogens with one attached hydrogen (secondary N) is 2. The maximum atomic E-state index is 12.5. The largest absolute Gasteiger partial charge is 0.352 e. The number of carbonyl (C=O) groups excluding carboxylic acids is 2. The van der Waals surface area contributed by atoms with Gasteiger partial charge in [0.15, 0.2) is 0 Å². The molecule has 2 fully saturated rings. The number of benzene rings is 1. The Morgan fingerprint density at radius 3 is 2.70 bits per heavy atom. The van der Waals surface area contributed by atoms with E-state index in [9.17, 15) is 9.59 Å². The van der Waals surface area contributed by atoms with Crippen molar-refractivity contribution in [2.45, 2.75) is 31.7 Å². The summed E-state index contributed by atoms with van der Waals surface area (Å²) in [5, 5.41) is 6.46. The molecule has 2 atom stereocenters. The molecular formula is C18H25N3O2. The molecule has 2 amide bonds. The number of hydrogen-bond donors (Lipinski definition) is 2. The van der Waals surface area contributed by atoms with Gasteiger partial charge >= 0.3 is 0 Å². The van der Waals surface area contributed by atoms with Crippen LogP contribution in [-0.2, 0) is 4.79 Å². The molecule has 2 aliphatic heterocycles. The molecule has 0 bridgehead atoms. The van der Waals surface area contributed by atoms with E-state index < -0.39 is 0 Å². The van der Waals surface area contributed by atoms with Crippen LogP contribution in [0.3, 0.4) is 0 Å². The smallest absolute Gasteiger partial charge is 0.253 e. The van der Waals surface area contributed by atoms with E-state index in [0.717, 1.165) is 45.3 Å². The van der Waals surface area contributed by atoms with Crippen LogP contribution >= 0.6 is 0 Å². The van der Waals surface area contributed by atoms with Gasteiger partial charge < -0.3 is 15.5 Å². The summed E-state index contributed by atoms with van der Waals surface area (Å²) in [6, 6.07) is 9.55. The van der Waals surface area contributed by atoms with Gasteiger partial charge in [0.05, 0.1) is 5.92 Å². The first-order chi connectivity index (χ1) is 11.2. The van der Waals surface area contributed by atoms with Crippen LogP contribution in [0.5, 0.6) is 0 Å². The number of hydrogen-bond acceptors (Lipinski definition) is 3. The molecule has 2 aliphatic rings. The fourth-order valence-electron chi connectivity index (χ4n) is 3.43. The van der Waals surface area contributed by atoms with Crippen molar-refractivity contribution < 1.29 is 9.59 Å². The Kier molecular flexibility index (Phi) is 5.28. The summed E-state index contributed by atoms with van der Waals surface area (Å²) in [4.78, 5) is 26.9. The molecule has 0 saturated carbocycles. The van der Waals surface area contributed by atoms with E-state index in [2.05, 4.69) is 10.6 Å². The summed E-state index contributed by atoms with van der Waals surface area (Å²) < 4.78 is 0. The molecule has 0 aliphatic carbocycles. The molecule has 1 aromatic rings. The second kappa shape index (κ2) is 7.59. The third kappa shape index (κ3) is 4.10. The molecule has 2 saturated heterocycles. The minimum absolute atomic E-state index is 0.0300. The Balaban J connectivity index is 1.57.